The Bertz CT molecular complexity index is 793. The third-order valence-electron chi connectivity index (χ3n) is 6.09. The first-order valence-corrected chi connectivity index (χ1v) is 9.23. The van der Waals surface area contributed by atoms with Gasteiger partial charge >= 0.3 is 0 Å². The average molecular weight is 358 g/mol. The summed E-state index contributed by atoms with van der Waals surface area (Å²) in [5.41, 5.74) is 0.212. The number of hydrogen-bond donors (Lipinski definition) is 3. The van der Waals surface area contributed by atoms with Gasteiger partial charge in [0.05, 0.1) is 5.69 Å². The van der Waals surface area contributed by atoms with E-state index < -0.39 is 29.5 Å². The van der Waals surface area contributed by atoms with Crippen molar-refractivity contribution < 1.29 is 24.8 Å². The molecular formula is C19H24N3O4+. The molecule has 26 heavy (non-hydrogen) atoms. The van der Waals surface area contributed by atoms with Crippen molar-refractivity contribution in [2.75, 3.05) is 11.9 Å². The molecule has 1 aromatic carbocycles. The van der Waals surface area contributed by atoms with Gasteiger partial charge < -0.3 is 15.7 Å². The number of likely N-dealkylation sites (tertiary alicyclic amines) is 1. The first-order valence-electron chi connectivity index (χ1n) is 9.23. The van der Waals surface area contributed by atoms with Crippen molar-refractivity contribution in [3.8, 4) is 0 Å². The lowest BCUT2D eigenvalue weighted by molar-refractivity contribution is -0.738. The van der Waals surface area contributed by atoms with E-state index in [-0.39, 0.29) is 17.7 Å². The summed E-state index contributed by atoms with van der Waals surface area (Å²) in [7, 11) is 0. The maximum Gasteiger partial charge on any atom is 0.291 e. The van der Waals surface area contributed by atoms with Crippen LogP contribution in [0.15, 0.2) is 24.3 Å². The minimum Gasteiger partial charge on any atom is -0.387 e. The number of imide groups is 1. The zero-order valence-electron chi connectivity index (χ0n) is 14.9. The second-order valence-corrected chi connectivity index (χ2v) is 7.54. The van der Waals surface area contributed by atoms with Crippen LogP contribution >= 0.6 is 0 Å². The number of para-hydroxylation sites is 1. The molecule has 0 bridgehead atoms. The molecule has 5 atom stereocenters. The molecule has 0 radical (unpaired) electrons. The molecule has 0 aromatic heterocycles. The number of hydrogen-bond acceptors (Lipinski definition) is 4. The molecular weight excluding hydrogens is 334 g/mol. The van der Waals surface area contributed by atoms with Crippen molar-refractivity contribution in [1.82, 2.24) is 4.90 Å². The van der Waals surface area contributed by atoms with E-state index in [2.05, 4.69) is 5.32 Å². The lowest BCUT2D eigenvalue weighted by atomic mass is 9.76. The third kappa shape index (κ3) is 2.04. The molecule has 7 nitrogen and oxygen atoms in total. The Morgan fingerprint density at radius 1 is 1.27 bits per heavy atom. The van der Waals surface area contributed by atoms with E-state index in [0.717, 1.165) is 18.4 Å². The molecule has 0 saturated carbocycles. The molecule has 0 aliphatic carbocycles. The van der Waals surface area contributed by atoms with Crippen LogP contribution < -0.4 is 10.6 Å². The van der Waals surface area contributed by atoms with E-state index in [9.17, 15) is 19.5 Å². The van der Waals surface area contributed by atoms with Crippen LogP contribution in [-0.2, 0) is 19.9 Å². The lowest BCUT2D eigenvalue weighted by Gasteiger charge is -2.26. The molecule has 2 saturated heterocycles. The smallest absolute Gasteiger partial charge is 0.291 e. The van der Waals surface area contributed by atoms with Gasteiger partial charge in [0.1, 0.15) is 24.0 Å². The molecule has 3 aliphatic rings. The van der Waals surface area contributed by atoms with Crippen molar-refractivity contribution in [1.29, 1.82) is 0 Å². The van der Waals surface area contributed by atoms with Crippen molar-refractivity contribution in [3.63, 3.8) is 0 Å². The Labute approximate surface area is 151 Å². The van der Waals surface area contributed by atoms with E-state index in [1.165, 1.54) is 4.90 Å². The summed E-state index contributed by atoms with van der Waals surface area (Å²) in [6.45, 7) is 3.98. The number of fused-ring (bicyclic) bond motifs is 4. The zero-order chi connectivity index (χ0) is 18.6. The predicted octanol–water partition coefficient (Wildman–Crippen LogP) is -0.438. The van der Waals surface area contributed by atoms with Gasteiger partial charge in [0, 0.05) is 12.1 Å². The number of amides is 3. The first kappa shape index (κ1) is 17.2. The Morgan fingerprint density at radius 3 is 2.69 bits per heavy atom. The fourth-order valence-corrected chi connectivity index (χ4v) is 4.88. The number of nitrogens with two attached hydrogens (primary N) is 1. The number of carbonyl (C=O) groups excluding carboxylic acids is 3. The molecule has 0 unspecified atom stereocenters. The van der Waals surface area contributed by atoms with Crippen LogP contribution in [0.4, 0.5) is 5.69 Å². The number of rotatable bonds is 4. The van der Waals surface area contributed by atoms with Crippen molar-refractivity contribution >= 4 is 23.4 Å². The molecule has 3 heterocycles. The first-order chi connectivity index (χ1) is 12.4. The molecule has 2 fully saturated rings. The summed E-state index contributed by atoms with van der Waals surface area (Å²) in [5, 5.41) is 14.9. The highest BCUT2D eigenvalue weighted by Gasteiger charge is 2.74. The molecule has 138 valence electrons. The van der Waals surface area contributed by atoms with E-state index in [4.69, 9.17) is 0 Å². The van der Waals surface area contributed by atoms with Gasteiger partial charge in [-0.1, -0.05) is 31.5 Å². The quantitative estimate of drug-likeness (QED) is 0.635. The molecule has 3 aliphatic heterocycles. The Balaban J connectivity index is 1.85. The van der Waals surface area contributed by atoms with Gasteiger partial charge in [-0.05, 0) is 19.4 Å². The minimum absolute atomic E-state index is 0.260. The number of unbranched alkanes of at least 4 members (excludes halogenated alkanes) is 1. The average Bonchev–Trinajstić information content (AvgIpc) is 3.20. The van der Waals surface area contributed by atoms with Crippen LogP contribution in [0.5, 0.6) is 0 Å². The van der Waals surface area contributed by atoms with Crippen LogP contribution in [0.3, 0.4) is 0 Å². The van der Waals surface area contributed by atoms with Gasteiger partial charge in [0.2, 0.25) is 17.4 Å². The van der Waals surface area contributed by atoms with Crippen LogP contribution in [0.1, 0.15) is 32.3 Å². The second-order valence-electron chi connectivity index (χ2n) is 7.54. The highest BCUT2D eigenvalue weighted by Crippen LogP contribution is 2.49. The normalized spacial score (nSPS) is 33.6. The Kier molecular flexibility index (Phi) is 3.89. The number of aliphatic hydroxyl groups excluding tert-OH is 1. The summed E-state index contributed by atoms with van der Waals surface area (Å²) in [5.74, 6) is -2.30. The van der Waals surface area contributed by atoms with Crippen LogP contribution in [0.2, 0.25) is 0 Å². The summed E-state index contributed by atoms with van der Waals surface area (Å²) in [6, 6.07) is 6.76. The second kappa shape index (κ2) is 5.89. The summed E-state index contributed by atoms with van der Waals surface area (Å²) >= 11 is 0. The highest BCUT2D eigenvalue weighted by atomic mass is 16.3. The lowest BCUT2D eigenvalue weighted by Crippen LogP contribution is -3.00. The number of benzene rings is 1. The number of aliphatic hydroxyl groups is 1. The van der Waals surface area contributed by atoms with E-state index in [1.807, 2.05) is 25.1 Å². The van der Waals surface area contributed by atoms with Gasteiger partial charge in [-0.2, -0.15) is 0 Å². The minimum atomic E-state index is -1.18. The SMILES string of the molecule is CCCCN1C(=O)[C@@H]2[C@@H]([C@@H](C)O)[NH2+][C@]3(C(=O)Nc4ccccc43)[C@@H]2C1=O. The molecule has 4 rings (SSSR count). The Hall–Kier alpha value is -2.25. The summed E-state index contributed by atoms with van der Waals surface area (Å²) < 4.78 is 0. The monoisotopic (exact) mass is 358 g/mol. The van der Waals surface area contributed by atoms with E-state index in [0.29, 0.717) is 12.2 Å². The van der Waals surface area contributed by atoms with Gasteiger partial charge in [0.25, 0.3) is 5.91 Å². The summed E-state index contributed by atoms with van der Waals surface area (Å²) in [6.07, 6.45) is 0.785. The van der Waals surface area contributed by atoms with Crippen LogP contribution in [0.25, 0.3) is 0 Å². The fourth-order valence-electron chi connectivity index (χ4n) is 4.88. The number of quaternary nitrogens is 1. The van der Waals surface area contributed by atoms with Crippen molar-refractivity contribution in [2.45, 2.75) is 44.4 Å². The molecule has 4 N–H and O–H groups in total. The van der Waals surface area contributed by atoms with Crippen LogP contribution in [0, 0.1) is 11.8 Å². The topological polar surface area (TPSA) is 103 Å². The standard InChI is InChI=1S/C19H23N3O4/c1-3-4-9-22-16(24)13-14(17(22)25)19(21-15(13)10(2)23)11-7-5-6-8-12(11)20-18(19)26/h5-8,10,13-15,21,23H,3-4,9H2,1-2H3,(H,20,26)/p+1/t10-,13+,14+,15-,19+/m1/s1. The number of nitrogens with one attached hydrogen (secondary N) is 1. The van der Waals surface area contributed by atoms with E-state index >= 15 is 0 Å². The Morgan fingerprint density at radius 2 is 2.00 bits per heavy atom. The van der Waals surface area contributed by atoms with Crippen LogP contribution in [-0.4, -0.2) is 46.4 Å². The van der Waals surface area contributed by atoms with Gasteiger partial charge in [0.15, 0.2) is 0 Å². The number of nitrogens with zero attached hydrogens (tertiary/aromatic N) is 1. The van der Waals surface area contributed by atoms with Gasteiger partial charge in [-0.3, -0.25) is 19.3 Å². The third-order valence-corrected chi connectivity index (χ3v) is 6.09. The summed E-state index contributed by atoms with van der Waals surface area (Å²) in [4.78, 5) is 40.6. The molecule has 1 spiro atoms. The van der Waals surface area contributed by atoms with Gasteiger partial charge in [-0.15, -0.1) is 0 Å². The molecule has 7 heteroatoms. The fraction of sp³-hybridized carbons (Fsp3) is 0.526. The largest absolute Gasteiger partial charge is 0.387 e. The van der Waals surface area contributed by atoms with E-state index in [1.54, 1.807) is 18.3 Å². The van der Waals surface area contributed by atoms with Crippen molar-refractivity contribution in [2.24, 2.45) is 11.8 Å². The predicted molar refractivity (Wildman–Crippen MR) is 92.8 cm³/mol. The zero-order valence-corrected chi connectivity index (χ0v) is 14.9. The maximum atomic E-state index is 13.2. The maximum absolute atomic E-state index is 13.2. The molecule has 3 amide bonds. The molecule has 1 aromatic rings. The van der Waals surface area contributed by atoms with Gasteiger partial charge in [-0.25, -0.2) is 0 Å². The van der Waals surface area contributed by atoms with Crippen molar-refractivity contribution in [3.05, 3.63) is 29.8 Å². The number of anilines is 1. The number of carbonyl (C=O) groups is 3. The highest BCUT2D eigenvalue weighted by molar-refractivity contribution is 6.13.